The number of rotatable bonds is 4. The molecule has 2 fully saturated rings. The second kappa shape index (κ2) is 8.75. The molecule has 8 nitrogen and oxygen atoms in total. The average molecular weight is 378 g/mol. The van der Waals surface area contributed by atoms with E-state index in [0.717, 1.165) is 32.7 Å². The second-order valence-corrected chi connectivity index (χ2v) is 7.72. The van der Waals surface area contributed by atoms with Crippen molar-refractivity contribution in [3.63, 3.8) is 0 Å². The van der Waals surface area contributed by atoms with Gasteiger partial charge >= 0.3 is 6.03 Å². The molecule has 0 aliphatic carbocycles. The summed E-state index contributed by atoms with van der Waals surface area (Å²) in [7, 11) is 0. The molecule has 0 spiro atoms. The van der Waals surface area contributed by atoms with Gasteiger partial charge in [-0.1, -0.05) is 0 Å². The molecule has 0 unspecified atom stereocenters. The summed E-state index contributed by atoms with van der Waals surface area (Å²) in [4.78, 5) is 31.0. The monoisotopic (exact) mass is 378 g/mol. The number of nitrogens with zero attached hydrogens (tertiary/aromatic N) is 3. The lowest BCUT2D eigenvalue weighted by Gasteiger charge is -2.41. The van der Waals surface area contributed by atoms with E-state index in [4.69, 9.17) is 9.15 Å². The zero-order valence-corrected chi connectivity index (χ0v) is 16.3. The minimum atomic E-state index is -0.116. The average Bonchev–Trinajstić information content (AvgIpc) is 3.11. The summed E-state index contributed by atoms with van der Waals surface area (Å²) in [6, 6.07) is 1.61. The Morgan fingerprint density at radius 2 is 1.78 bits per heavy atom. The van der Waals surface area contributed by atoms with Crippen LogP contribution in [0.2, 0.25) is 0 Å². The summed E-state index contributed by atoms with van der Waals surface area (Å²) in [5.74, 6) is -0.0422. The molecule has 0 aromatic carbocycles. The van der Waals surface area contributed by atoms with E-state index in [1.165, 1.54) is 12.5 Å². The first-order valence-corrected chi connectivity index (χ1v) is 9.64. The molecule has 150 valence electrons. The Labute approximate surface area is 160 Å². The van der Waals surface area contributed by atoms with Crippen LogP contribution in [0.1, 0.15) is 30.6 Å². The summed E-state index contributed by atoms with van der Waals surface area (Å²) in [5.41, 5.74) is 0.439. The highest BCUT2D eigenvalue weighted by molar-refractivity contribution is 5.93. The summed E-state index contributed by atoms with van der Waals surface area (Å²) in [6.07, 6.45) is 3.73. The molecule has 8 heteroatoms. The van der Waals surface area contributed by atoms with Gasteiger partial charge in [0.25, 0.3) is 5.91 Å². The molecule has 27 heavy (non-hydrogen) atoms. The van der Waals surface area contributed by atoms with Gasteiger partial charge in [-0.25, -0.2) is 4.79 Å². The first-order valence-electron chi connectivity index (χ1n) is 9.64. The number of hydrogen-bond donors (Lipinski definition) is 1. The van der Waals surface area contributed by atoms with Crippen LogP contribution in [0.15, 0.2) is 23.0 Å². The zero-order valence-electron chi connectivity index (χ0n) is 16.3. The summed E-state index contributed by atoms with van der Waals surface area (Å²) in [6.45, 7) is 10.5. The fraction of sp³-hybridized carbons (Fsp3) is 0.684. The van der Waals surface area contributed by atoms with Gasteiger partial charge in [0.05, 0.1) is 25.0 Å². The van der Waals surface area contributed by atoms with Gasteiger partial charge in [-0.05, 0) is 26.3 Å². The van der Waals surface area contributed by atoms with E-state index in [1.54, 1.807) is 15.9 Å². The van der Waals surface area contributed by atoms with Crippen LogP contribution in [-0.2, 0) is 4.74 Å². The molecular formula is C19H30N4O4. The van der Waals surface area contributed by atoms with E-state index in [2.05, 4.69) is 24.1 Å². The summed E-state index contributed by atoms with van der Waals surface area (Å²) in [5, 5.41) is 3.08. The van der Waals surface area contributed by atoms with Gasteiger partial charge < -0.3 is 24.3 Å². The van der Waals surface area contributed by atoms with Crippen molar-refractivity contribution in [2.24, 2.45) is 0 Å². The van der Waals surface area contributed by atoms with Crippen molar-refractivity contribution < 1.29 is 18.7 Å². The number of hydrogen-bond acceptors (Lipinski definition) is 5. The molecule has 2 aliphatic heterocycles. The van der Waals surface area contributed by atoms with Crippen molar-refractivity contribution in [1.29, 1.82) is 0 Å². The van der Waals surface area contributed by atoms with E-state index >= 15 is 0 Å². The highest BCUT2D eigenvalue weighted by atomic mass is 16.5. The van der Waals surface area contributed by atoms with E-state index in [1.807, 2.05) is 0 Å². The summed E-state index contributed by atoms with van der Waals surface area (Å²) >= 11 is 0. The first-order chi connectivity index (χ1) is 13.0. The maximum atomic E-state index is 12.6. The maximum Gasteiger partial charge on any atom is 0.317 e. The Balaban J connectivity index is 1.48. The number of carbonyl (C=O) groups excluding carboxylic acids is 2. The normalized spacial score (nSPS) is 19.6. The van der Waals surface area contributed by atoms with Crippen molar-refractivity contribution in [2.75, 3.05) is 59.0 Å². The standard InChI is InChI=1S/C19H30N4O4/c1-19(2,23-9-12-26-13-10-23)15-20-18(25)22-6-3-5-21(7-8-22)17(24)16-4-11-27-14-16/h4,11,14H,3,5-10,12-13,15H2,1-2H3,(H,20,25). The lowest BCUT2D eigenvalue weighted by Crippen LogP contribution is -2.56. The minimum absolute atomic E-state index is 0.0422. The van der Waals surface area contributed by atoms with E-state index < -0.39 is 0 Å². The van der Waals surface area contributed by atoms with Gasteiger partial charge in [0, 0.05) is 51.4 Å². The lowest BCUT2D eigenvalue weighted by atomic mass is 10.0. The van der Waals surface area contributed by atoms with Gasteiger partial charge in [-0.3, -0.25) is 9.69 Å². The molecule has 0 bridgehead atoms. The van der Waals surface area contributed by atoms with Crippen LogP contribution in [0.3, 0.4) is 0 Å². The third kappa shape index (κ3) is 5.01. The highest BCUT2D eigenvalue weighted by Gasteiger charge is 2.30. The van der Waals surface area contributed by atoms with Crippen molar-refractivity contribution in [3.8, 4) is 0 Å². The highest BCUT2D eigenvalue weighted by Crippen LogP contribution is 2.15. The Morgan fingerprint density at radius 1 is 1.07 bits per heavy atom. The van der Waals surface area contributed by atoms with Crippen molar-refractivity contribution >= 4 is 11.9 Å². The third-order valence-corrected chi connectivity index (χ3v) is 5.38. The molecule has 2 saturated heterocycles. The molecule has 0 atom stereocenters. The minimum Gasteiger partial charge on any atom is -0.472 e. The van der Waals surface area contributed by atoms with Crippen LogP contribution in [0.4, 0.5) is 4.79 Å². The topological polar surface area (TPSA) is 78.3 Å². The van der Waals surface area contributed by atoms with Crippen LogP contribution in [0.5, 0.6) is 0 Å². The fourth-order valence-electron chi connectivity index (χ4n) is 3.58. The van der Waals surface area contributed by atoms with E-state index in [-0.39, 0.29) is 17.5 Å². The third-order valence-electron chi connectivity index (χ3n) is 5.38. The number of amides is 3. The molecule has 1 N–H and O–H groups in total. The molecule has 1 aromatic heterocycles. The fourth-order valence-corrected chi connectivity index (χ4v) is 3.58. The summed E-state index contributed by atoms with van der Waals surface area (Å²) < 4.78 is 10.4. The quantitative estimate of drug-likeness (QED) is 0.853. The molecule has 3 amide bonds. The largest absolute Gasteiger partial charge is 0.472 e. The number of furan rings is 1. The number of morpholine rings is 1. The maximum absolute atomic E-state index is 12.6. The van der Waals surface area contributed by atoms with E-state index in [9.17, 15) is 9.59 Å². The molecular weight excluding hydrogens is 348 g/mol. The van der Waals surface area contributed by atoms with Crippen LogP contribution in [0.25, 0.3) is 0 Å². The van der Waals surface area contributed by atoms with Gasteiger partial charge in [0.2, 0.25) is 0 Å². The van der Waals surface area contributed by atoms with Crippen LogP contribution in [-0.4, -0.2) is 91.2 Å². The van der Waals surface area contributed by atoms with Crippen LogP contribution < -0.4 is 5.32 Å². The van der Waals surface area contributed by atoms with Crippen LogP contribution in [0, 0.1) is 0 Å². The zero-order chi connectivity index (χ0) is 19.3. The molecule has 3 heterocycles. The number of ether oxygens (including phenoxy) is 1. The van der Waals surface area contributed by atoms with Gasteiger partial charge in [0.1, 0.15) is 6.26 Å². The molecule has 3 rings (SSSR count). The number of carbonyl (C=O) groups is 2. The molecule has 0 radical (unpaired) electrons. The van der Waals surface area contributed by atoms with Crippen molar-refractivity contribution in [1.82, 2.24) is 20.0 Å². The Morgan fingerprint density at radius 3 is 2.48 bits per heavy atom. The molecule has 1 aromatic rings. The van der Waals surface area contributed by atoms with Gasteiger partial charge in [0.15, 0.2) is 0 Å². The number of nitrogens with one attached hydrogen (secondary N) is 1. The molecule has 2 aliphatic rings. The van der Waals surface area contributed by atoms with Crippen molar-refractivity contribution in [2.45, 2.75) is 25.8 Å². The van der Waals surface area contributed by atoms with Gasteiger partial charge in [-0.15, -0.1) is 0 Å². The first kappa shape index (κ1) is 19.7. The Kier molecular flexibility index (Phi) is 6.38. The van der Waals surface area contributed by atoms with Crippen molar-refractivity contribution in [3.05, 3.63) is 24.2 Å². The van der Waals surface area contributed by atoms with E-state index in [0.29, 0.717) is 38.3 Å². The number of urea groups is 1. The smallest absolute Gasteiger partial charge is 0.317 e. The Hall–Kier alpha value is -2.06. The lowest BCUT2D eigenvalue weighted by molar-refractivity contribution is -0.00903. The predicted octanol–water partition coefficient (Wildman–Crippen LogP) is 1.25. The second-order valence-electron chi connectivity index (χ2n) is 7.72. The molecule has 0 saturated carbocycles. The Bertz CT molecular complexity index is 626. The predicted molar refractivity (Wildman–Crippen MR) is 101 cm³/mol. The van der Waals surface area contributed by atoms with Gasteiger partial charge in [-0.2, -0.15) is 0 Å². The SMILES string of the molecule is CC(C)(CNC(=O)N1CCCN(C(=O)c2ccoc2)CC1)N1CCOCC1. The van der Waals surface area contributed by atoms with Crippen LogP contribution >= 0.6 is 0 Å².